The van der Waals surface area contributed by atoms with E-state index in [0.717, 1.165) is 28.2 Å². The van der Waals surface area contributed by atoms with Gasteiger partial charge in [-0.2, -0.15) is 11.8 Å². The van der Waals surface area contributed by atoms with Crippen molar-refractivity contribution in [3.8, 4) is 0 Å². The number of aromatic nitrogens is 2. The van der Waals surface area contributed by atoms with Crippen LogP contribution in [0.15, 0.2) is 54.6 Å². The Hall–Kier alpha value is -2.31. The molecule has 1 atom stereocenters. The molecule has 1 aromatic heterocycles. The van der Waals surface area contributed by atoms with Gasteiger partial charge in [0, 0.05) is 6.54 Å². The van der Waals surface area contributed by atoms with Gasteiger partial charge < -0.3 is 14.2 Å². The summed E-state index contributed by atoms with van der Waals surface area (Å²) >= 11 is 1.72. The lowest BCUT2D eigenvalue weighted by atomic mass is 10.1. The van der Waals surface area contributed by atoms with Crippen molar-refractivity contribution in [1.29, 1.82) is 0 Å². The normalized spacial score (nSPS) is 17.4. The molecule has 2 aromatic carbocycles. The van der Waals surface area contributed by atoms with E-state index in [9.17, 15) is 4.79 Å². The highest BCUT2D eigenvalue weighted by molar-refractivity contribution is 7.97. The first-order chi connectivity index (χ1) is 13.3. The predicted octanol–water partition coefficient (Wildman–Crippen LogP) is 3.50. The van der Waals surface area contributed by atoms with E-state index in [1.54, 1.807) is 11.8 Å². The molecule has 0 saturated carbocycles. The molecule has 1 saturated heterocycles. The SMILES string of the molecule is CSCc1nc2ccccc2n1CC(=O)N1CCOC(c2ccccc2)C1. The summed E-state index contributed by atoms with van der Waals surface area (Å²) in [5, 5.41) is 0. The summed E-state index contributed by atoms with van der Waals surface area (Å²) in [6.07, 6.45) is 1.99. The molecule has 1 unspecified atom stereocenters. The van der Waals surface area contributed by atoms with Crippen molar-refractivity contribution in [3.05, 3.63) is 66.0 Å². The Bertz CT molecular complexity index is 926. The number of thioether (sulfide) groups is 1. The Morgan fingerprint density at radius 3 is 2.78 bits per heavy atom. The Kier molecular flexibility index (Phi) is 5.45. The van der Waals surface area contributed by atoms with Crippen molar-refractivity contribution in [1.82, 2.24) is 14.5 Å². The molecule has 2 heterocycles. The molecule has 1 aliphatic rings. The third-order valence-corrected chi connectivity index (χ3v) is 5.44. The fourth-order valence-electron chi connectivity index (χ4n) is 3.52. The average molecular weight is 382 g/mol. The van der Waals surface area contributed by atoms with E-state index >= 15 is 0 Å². The lowest BCUT2D eigenvalue weighted by Gasteiger charge is -2.33. The number of imidazole rings is 1. The predicted molar refractivity (Wildman–Crippen MR) is 109 cm³/mol. The van der Waals surface area contributed by atoms with E-state index in [4.69, 9.17) is 9.72 Å². The van der Waals surface area contributed by atoms with Crippen LogP contribution < -0.4 is 0 Å². The molecule has 0 bridgehead atoms. The van der Waals surface area contributed by atoms with Crippen LogP contribution in [0.2, 0.25) is 0 Å². The molecule has 5 nitrogen and oxygen atoms in total. The second kappa shape index (κ2) is 8.15. The molecule has 0 aliphatic carbocycles. The summed E-state index contributed by atoms with van der Waals surface area (Å²) in [5.74, 6) is 1.85. The van der Waals surface area contributed by atoms with E-state index in [1.165, 1.54) is 0 Å². The zero-order chi connectivity index (χ0) is 18.6. The zero-order valence-corrected chi connectivity index (χ0v) is 16.2. The molecule has 140 valence electrons. The molecule has 0 N–H and O–H groups in total. The molecule has 1 fully saturated rings. The maximum Gasteiger partial charge on any atom is 0.242 e. The third-order valence-electron chi connectivity index (χ3n) is 4.89. The molecule has 4 rings (SSSR count). The number of fused-ring (bicyclic) bond motifs is 1. The van der Waals surface area contributed by atoms with Crippen LogP contribution in [0.3, 0.4) is 0 Å². The number of ether oxygens (including phenoxy) is 1. The molecule has 6 heteroatoms. The second-order valence-electron chi connectivity index (χ2n) is 6.65. The van der Waals surface area contributed by atoms with Crippen LogP contribution in [0, 0.1) is 0 Å². The van der Waals surface area contributed by atoms with Crippen LogP contribution in [0.1, 0.15) is 17.5 Å². The molecule has 3 aromatic rings. The lowest BCUT2D eigenvalue weighted by Crippen LogP contribution is -2.43. The Morgan fingerprint density at radius 1 is 1.19 bits per heavy atom. The van der Waals surface area contributed by atoms with Crippen LogP contribution in [0.5, 0.6) is 0 Å². The van der Waals surface area contributed by atoms with Crippen LogP contribution in [0.4, 0.5) is 0 Å². The minimum absolute atomic E-state index is 0.0610. The van der Waals surface area contributed by atoms with Crippen LogP contribution in [-0.4, -0.2) is 46.3 Å². The first-order valence-corrected chi connectivity index (χ1v) is 10.5. The Labute approximate surface area is 163 Å². The second-order valence-corrected chi connectivity index (χ2v) is 7.51. The number of amides is 1. The summed E-state index contributed by atoms with van der Waals surface area (Å²) in [6.45, 7) is 2.10. The van der Waals surface area contributed by atoms with Gasteiger partial charge in [-0.05, 0) is 24.0 Å². The van der Waals surface area contributed by atoms with Gasteiger partial charge in [-0.15, -0.1) is 0 Å². The standard InChI is InChI=1S/C21H23N3O2S/c1-27-15-20-22-17-9-5-6-10-18(17)24(20)14-21(25)23-11-12-26-19(13-23)16-7-3-2-4-8-16/h2-10,19H,11-15H2,1H3. The molecule has 0 spiro atoms. The topological polar surface area (TPSA) is 47.4 Å². The number of carbonyl (C=O) groups excluding carboxylic acids is 1. The maximum atomic E-state index is 13.1. The first-order valence-electron chi connectivity index (χ1n) is 9.13. The number of hydrogen-bond acceptors (Lipinski definition) is 4. The molecular weight excluding hydrogens is 358 g/mol. The summed E-state index contributed by atoms with van der Waals surface area (Å²) < 4.78 is 7.95. The van der Waals surface area contributed by atoms with Gasteiger partial charge in [-0.1, -0.05) is 42.5 Å². The summed E-state index contributed by atoms with van der Waals surface area (Å²) in [4.78, 5) is 19.7. The van der Waals surface area contributed by atoms with E-state index in [1.807, 2.05) is 47.4 Å². The maximum absolute atomic E-state index is 13.1. The van der Waals surface area contributed by atoms with Crippen molar-refractivity contribution in [2.45, 2.75) is 18.4 Å². The number of para-hydroxylation sites is 2. The number of benzene rings is 2. The Morgan fingerprint density at radius 2 is 1.96 bits per heavy atom. The number of carbonyl (C=O) groups is 1. The van der Waals surface area contributed by atoms with Crippen LogP contribution >= 0.6 is 11.8 Å². The fourth-order valence-corrected chi connectivity index (χ4v) is 4.00. The van der Waals surface area contributed by atoms with Crippen molar-refractivity contribution in [2.24, 2.45) is 0 Å². The van der Waals surface area contributed by atoms with Gasteiger partial charge in [0.1, 0.15) is 18.5 Å². The van der Waals surface area contributed by atoms with Gasteiger partial charge in [0.2, 0.25) is 5.91 Å². The molecule has 1 aliphatic heterocycles. The summed E-state index contributed by atoms with van der Waals surface area (Å²) in [6, 6.07) is 18.1. The molecule has 0 radical (unpaired) electrons. The van der Waals surface area contributed by atoms with E-state index < -0.39 is 0 Å². The summed E-state index contributed by atoms with van der Waals surface area (Å²) in [5.41, 5.74) is 3.08. The van der Waals surface area contributed by atoms with Crippen molar-refractivity contribution in [3.63, 3.8) is 0 Å². The molecule has 1 amide bonds. The quantitative estimate of drug-likeness (QED) is 0.679. The van der Waals surface area contributed by atoms with Gasteiger partial charge in [-0.3, -0.25) is 4.79 Å². The monoisotopic (exact) mass is 381 g/mol. The minimum Gasteiger partial charge on any atom is -0.370 e. The van der Waals surface area contributed by atoms with E-state index in [0.29, 0.717) is 26.2 Å². The number of hydrogen-bond donors (Lipinski definition) is 0. The smallest absolute Gasteiger partial charge is 0.242 e. The number of nitrogens with zero attached hydrogens (tertiary/aromatic N) is 3. The van der Waals surface area contributed by atoms with Gasteiger partial charge in [0.15, 0.2) is 0 Å². The lowest BCUT2D eigenvalue weighted by molar-refractivity contribution is -0.139. The minimum atomic E-state index is -0.0610. The highest BCUT2D eigenvalue weighted by Gasteiger charge is 2.26. The molecule has 27 heavy (non-hydrogen) atoms. The van der Waals surface area contributed by atoms with Gasteiger partial charge in [-0.25, -0.2) is 4.98 Å². The number of morpholine rings is 1. The van der Waals surface area contributed by atoms with E-state index in [-0.39, 0.29) is 12.0 Å². The Balaban J connectivity index is 1.54. The molecular formula is C21H23N3O2S. The van der Waals surface area contributed by atoms with Crippen molar-refractivity contribution < 1.29 is 9.53 Å². The third kappa shape index (κ3) is 3.87. The highest BCUT2D eigenvalue weighted by atomic mass is 32.2. The number of rotatable bonds is 5. The summed E-state index contributed by atoms with van der Waals surface area (Å²) in [7, 11) is 0. The zero-order valence-electron chi connectivity index (χ0n) is 15.4. The van der Waals surface area contributed by atoms with E-state index in [2.05, 4.69) is 23.0 Å². The van der Waals surface area contributed by atoms with Gasteiger partial charge in [0.25, 0.3) is 0 Å². The van der Waals surface area contributed by atoms with Gasteiger partial charge in [0.05, 0.1) is 29.9 Å². The van der Waals surface area contributed by atoms with Crippen molar-refractivity contribution in [2.75, 3.05) is 26.0 Å². The average Bonchev–Trinajstić information content (AvgIpc) is 3.06. The highest BCUT2D eigenvalue weighted by Crippen LogP contribution is 2.23. The largest absolute Gasteiger partial charge is 0.370 e. The first kappa shape index (κ1) is 18.1. The van der Waals surface area contributed by atoms with Crippen LogP contribution in [-0.2, 0) is 21.8 Å². The fraction of sp³-hybridized carbons (Fsp3) is 0.333. The van der Waals surface area contributed by atoms with Crippen molar-refractivity contribution >= 4 is 28.7 Å². The van der Waals surface area contributed by atoms with Crippen LogP contribution in [0.25, 0.3) is 11.0 Å². The van der Waals surface area contributed by atoms with Gasteiger partial charge >= 0.3 is 0 Å².